The molecule has 0 radical (unpaired) electrons. The van der Waals surface area contributed by atoms with E-state index in [1.165, 1.54) is 25.7 Å². The van der Waals surface area contributed by atoms with Gasteiger partial charge >= 0.3 is 5.97 Å². The number of carboxylic acids is 1. The van der Waals surface area contributed by atoms with Crippen molar-refractivity contribution < 1.29 is 35.1 Å². The Hall–Kier alpha value is -1.79. The molecule has 10 heteroatoms. The van der Waals surface area contributed by atoms with Crippen LogP contribution in [0.25, 0.3) is 0 Å². The number of carbonyl (C=O) groups is 2. The molecular formula is C45H72Br2O7S. The predicted octanol–water partition coefficient (Wildman–Crippen LogP) is 12.1. The number of hydrogen-bond donors (Lipinski definition) is 5. The van der Waals surface area contributed by atoms with Gasteiger partial charge in [0, 0.05) is 33.6 Å². The summed E-state index contributed by atoms with van der Waals surface area (Å²) in [7, 11) is 0. The number of aliphatic hydroxyl groups excluding tert-OH is 4. The molecule has 0 aliphatic heterocycles. The Morgan fingerprint density at radius 1 is 0.745 bits per heavy atom. The number of ketones is 1. The molecule has 0 aromatic heterocycles. The van der Waals surface area contributed by atoms with Crippen molar-refractivity contribution in [1.29, 1.82) is 0 Å². The third kappa shape index (κ3) is 26.0. The minimum atomic E-state index is -0.801. The Labute approximate surface area is 356 Å². The van der Waals surface area contributed by atoms with E-state index in [-0.39, 0.29) is 63.6 Å². The van der Waals surface area contributed by atoms with Crippen molar-refractivity contribution in [2.45, 2.75) is 162 Å². The molecule has 1 fully saturated rings. The van der Waals surface area contributed by atoms with E-state index in [0.29, 0.717) is 25.7 Å². The number of carbonyl (C=O) groups excluding carboxylic acids is 1. The summed E-state index contributed by atoms with van der Waals surface area (Å²) in [6, 6.07) is 15.8. The number of hydrogen-bond acceptors (Lipinski definition) is 6. The highest BCUT2D eigenvalue weighted by Crippen LogP contribution is 2.33. The van der Waals surface area contributed by atoms with E-state index < -0.39 is 18.2 Å². The van der Waals surface area contributed by atoms with E-state index in [2.05, 4.69) is 52.6 Å². The SMILES string of the molecule is C.CCCCC[C@@H](O)c1ccc(Br)cc1.CCCCC[C@H](O)/C=C/[C@H]1[C@H](O)CC(=O)[C@@H]1C/C=C\CCCC(=O)O.CCCCC[C@H](O)c1ccc(Br)cc1.S. The normalized spacial score (nSPS) is 18.0. The van der Waals surface area contributed by atoms with E-state index in [4.69, 9.17) is 5.11 Å². The molecule has 6 atom stereocenters. The van der Waals surface area contributed by atoms with Crippen molar-refractivity contribution in [3.63, 3.8) is 0 Å². The maximum atomic E-state index is 12.1. The number of halogens is 2. The van der Waals surface area contributed by atoms with Gasteiger partial charge in [-0.3, -0.25) is 9.59 Å². The molecule has 0 spiro atoms. The highest BCUT2D eigenvalue weighted by molar-refractivity contribution is 9.10. The van der Waals surface area contributed by atoms with Crippen molar-refractivity contribution in [3.8, 4) is 0 Å². The largest absolute Gasteiger partial charge is 0.481 e. The van der Waals surface area contributed by atoms with E-state index in [0.717, 1.165) is 65.0 Å². The number of aliphatic carboxylic acids is 1. The number of rotatable bonds is 22. The summed E-state index contributed by atoms with van der Waals surface area (Å²) in [5.74, 6) is -1.26. The minimum absolute atomic E-state index is 0. The lowest BCUT2D eigenvalue weighted by molar-refractivity contribution is -0.137. The molecule has 1 saturated carbocycles. The second-order valence-electron chi connectivity index (χ2n) is 14.0. The average molecular weight is 917 g/mol. The molecule has 2 aromatic rings. The third-order valence-corrected chi connectivity index (χ3v) is 10.4. The molecule has 1 aliphatic carbocycles. The van der Waals surface area contributed by atoms with Gasteiger partial charge < -0.3 is 25.5 Å². The fraction of sp³-hybridized carbons (Fsp3) is 0.600. The van der Waals surface area contributed by atoms with Crippen LogP contribution < -0.4 is 0 Å². The van der Waals surface area contributed by atoms with Crippen LogP contribution in [0.3, 0.4) is 0 Å². The van der Waals surface area contributed by atoms with Crippen LogP contribution in [0.2, 0.25) is 0 Å². The zero-order chi connectivity index (χ0) is 39.4. The van der Waals surface area contributed by atoms with Crippen LogP contribution in [0.1, 0.15) is 161 Å². The van der Waals surface area contributed by atoms with E-state index in [9.17, 15) is 30.0 Å². The summed E-state index contributed by atoms with van der Waals surface area (Å²) < 4.78 is 2.11. The maximum absolute atomic E-state index is 12.1. The monoisotopic (exact) mass is 914 g/mol. The van der Waals surface area contributed by atoms with Crippen molar-refractivity contribution in [1.82, 2.24) is 0 Å². The lowest BCUT2D eigenvalue weighted by atomic mass is 9.90. The smallest absolute Gasteiger partial charge is 0.303 e. The first-order valence-corrected chi connectivity index (χ1v) is 21.3. The second-order valence-corrected chi connectivity index (χ2v) is 15.8. The first-order valence-electron chi connectivity index (χ1n) is 19.7. The molecule has 0 amide bonds. The lowest BCUT2D eigenvalue weighted by Gasteiger charge is -2.16. The number of benzene rings is 2. The fourth-order valence-corrected chi connectivity index (χ4v) is 6.62. The van der Waals surface area contributed by atoms with Gasteiger partial charge in [0.15, 0.2) is 0 Å². The number of aliphatic hydroxyl groups is 4. The number of Topliss-reactive ketones (excluding diaryl/α,β-unsaturated/α-hetero) is 1. The van der Waals surface area contributed by atoms with Crippen molar-refractivity contribution >= 4 is 57.1 Å². The molecule has 55 heavy (non-hydrogen) atoms. The molecule has 0 unspecified atom stereocenters. The molecule has 314 valence electrons. The van der Waals surface area contributed by atoms with Crippen LogP contribution >= 0.6 is 45.4 Å². The molecule has 1 aliphatic rings. The minimum Gasteiger partial charge on any atom is -0.481 e. The molecule has 5 N–H and O–H groups in total. The number of unbranched alkanes of at least 4 members (excludes halogenated alkanes) is 7. The van der Waals surface area contributed by atoms with Gasteiger partial charge in [0.1, 0.15) is 5.78 Å². The fourth-order valence-electron chi connectivity index (χ4n) is 6.09. The van der Waals surface area contributed by atoms with Crippen LogP contribution in [0.4, 0.5) is 0 Å². The summed E-state index contributed by atoms with van der Waals surface area (Å²) in [5, 5.41) is 48.3. The van der Waals surface area contributed by atoms with Crippen LogP contribution in [0, 0.1) is 11.8 Å². The second kappa shape index (κ2) is 34.3. The maximum Gasteiger partial charge on any atom is 0.303 e. The first-order chi connectivity index (χ1) is 25.4. The average Bonchev–Trinajstić information content (AvgIpc) is 3.40. The van der Waals surface area contributed by atoms with Crippen LogP contribution in [-0.2, 0) is 9.59 Å². The standard InChI is InChI=1S/C20H32O5.2C12H17BrO.CH4.H2S/c1-2-3-6-9-15(21)12-13-17-16(18(22)14-19(17)23)10-7-4-5-8-11-20(24)25;2*1-2-3-4-5-12(14)10-6-8-11(13)9-7-10;;/h4,7,12-13,15-17,19,21,23H,2-3,5-6,8-11,14H2,1H3,(H,24,25);2*6-9,12,14H,2-5H2,1H3;1H4;1H2/b7-4-,13-12+;;;;/t15-,16+,17+,19+;2*12-;;/m010../s1. The Morgan fingerprint density at radius 2 is 1.20 bits per heavy atom. The Bertz CT molecular complexity index is 1250. The Balaban J connectivity index is 0. The summed E-state index contributed by atoms with van der Waals surface area (Å²) >= 11 is 6.75. The van der Waals surface area contributed by atoms with E-state index >= 15 is 0 Å². The molecule has 0 bridgehead atoms. The molecule has 0 saturated heterocycles. The quantitative estimate of drug-likeness (QED) is 0.0586. The summed E-state index contributed by atoms with van der Waals surface area (Å²) in [4.78, 5) is 22.5. The third-order valence-electron chi connectivity index (χ3n) is 9.38. The summed E-state index contributed by atoms with van der Waals surface area (Å²) in [6.45, 7) is 6.46. The van der Waals surface area contributed by atoms with Crippen LogP contribution in [-0.4, -0.2) is 49.5 Å². The molecule has 2 aromatic carbocycles. The van der Waals surface area contributed by atoms with Crippen molar-refractivity contribution in [2.75, 3.05) is 0 Å². The lowest BCUT2D eigenvalue weighted by Crippen LogP contribution is -2.18. The molecule has 7 nitrogen and oxygen atoms in total. The topological polar surface area (TPSA) is 135 Å². The Kier molecular flexibility index (Phi) is 34.5. The molecule has 3 rings (SSSR count). The van der Waals surface area contributed by atoms with Gasteiger partial charge in [-0.2, -0.15) is 13.5 Å². The van der Waals surface area contributed by atoms with Crippen molar-refractivity contribution in [3.05, 3.63) is 92.9 Å². The first kappa shape index (κ1) is 55.3. The van der Waals surface area contributed by atoms with Gasteiger partial charge in [-0.1, -0.05) is 166 Å². The number of carboxylic acid groups (broad SMARTS) is 1. The number of allylic oxidation sites excluding steroid dienone is 2. The van der Waals surface area contributed by atoms with Crippen LogP contribution in [0.5, 0.6) is 0 Å². The molecule has 0 heterocycles. The van der Waals surface area contributed by atoms with Gasteiger partial charge in [0.25, 0.3) is 0 Å². The van der Waals surface area contributed by atoms with Gasteiger partial charge in [-0.05, 0) is 73.9 Å². The zero-order valence-electron chi connectivity index (χ0n) is 32.7. The predicted molar refractivity (Wildman–Crippen MR) is 241 cm³/mol. The summed E-state index contributed by atoms with van der Waals surface area (Å²) in [6.07, 6.45) is 20.3. The van der Waals surface area contributed by atoms with E-state index in [1.807, 2.05) is 60.7 Å². The molecular weight excluding hydrogens is 844 g/mol. The van der Waals surface area contributed by atoms with Gasteiger partial charge in [-0.25, -0.2) is 0 Å². The van der Waals surface area contributed by atoms with Gasteiger partial charge in [0.2, 0.25) is 0 Å². The zero-order valence-corrected chi connectivity index (χ0v) is 36.9. The van der Waals surface area contributed by atoms with E-state index in [1.54, 1.807) is 12.2 Å². The highest BCUT2D eigenvalue weighted by Gasteiger charge is 2.39. The summed E-state index contributed by atoms with van der Waals surface area (Å²) in [5.41, 5.74) is 2.04. The van der Waals surface area contributed by atoms with Crippen molar-refractivity contribution in [2.24, 2.45) is 11.8 Å². The highest BCUT2D eigenvalue weighted by atomic mass is 79.9. The van der Waals surface area contributed by atoms with Crippen LogP contribution in [0.15, 0.2) is 81.8 Å². The van der Waals surface area contributed by atoms with Gasteiger partial charge in [-0.15, -0.1) is 0 Å². The van der Waals surface area contributed by atoms with Gasteiger partial charge in [0.05, 0.1) is 24.4 Å². The Morgan fingerprint density at radius 3 is 1.64 bits per heavy atom.